The summed E-state index contributed by atoms with van der Waals surface area (Å²) >= 11 is 0. The highest BCUT2D eigenvalue weighted by Crippen LogP contribution is 2.44. The second kappa shape index (κ2) is 3.84. The van der Waals surface area contributed by atoms with E-state index in [2.05, 4.69) is 44.3 Å². The molecule has 2 aliphatic rings. The Hall–Kier alpha value is -0.820. The van der Waals surface area contributed by atoms with Crippen molar-refractivity contribution in [2.45, 2.75) is 52.0 Å². The molecule has 92 valence electrons. The molecule has 1 aliphatic carbocycles. The lowest BCUT2D eigenvalue weighted by Crippen LogP contribution is -2.41. The van der Waals surface area contributed by atoms with Crippen LogP contribution in [0, 0.1) is 5.41 Å². The molecular formula is C16H23N. The predicted octanol–water partition coefficient (Wildman–Crippen LogP) is 3.80. The second-order valence-electron chi connectivity index (χ2n) is 6.72. The molecule has 17 heavy (non-hydrogen) atoms. The standard InChI is InChI=1S/C16H23N/c1-16(2,3)15-13-9-5-7-11-6-4-8-12(10-17-15)14(11)13/h5,7,9,12,15,17H,4,6,8,10H2,1-3H3. The van der Waals surface area contributed by atoms with E-state index in [1.807, 2.05) is 0 Å². The lowest BCUT2D eigenvalue weighted by atomic mass is 9.71. The van der Waals surface area contributed by atoms with Crippen LogP contribution in [-0.2, 0) is 6.42 Å². The van der Waals surface area contributed by atoms with Crippen LogP contribution in [0.15, 0.2) is 18.2 Å². The molecule has 3 rings (SSSR count). The third kappa shape index (κ3) is 1.81. The van der Waals surface area contributed by atoms with E-state index in [9.17, 15) is 0 Å². The van der Waals surface area contributed by atoms with Crippen molar-refractivity contribution in [3.63, 3.8) is 0 Å². The highest BCUT2D eigenvalue weighted by Gasteiger charge is 2.35. The van der Waals surface area contributed by atoms with Crippen LogP contribution in [-0.4, -0.2) is 6.54 Å². The van der Waals surface area contributed by atoms with Crippen molar-refractivity contribution in [1.29, 1.82) is 0 Å². The number of benzene rings is 1. The summed E-state index contributed by atoms with van der Waals surface area (Å²) in [5.74, 6) is 0.772. The molecule has 0 spiro atoms. The molecule has 1 heteroatoms. The maximum absolute atomic E-state index is 3.78. The van der Waals surface area contributed by atoms with Crippen molar-refractivity contribution >= 4 is 0 Å². The Morgan fingerprint density at radius 2 is 2.06 bits per heavy atom. The zero-order valence-electron chi connectivity index (χ0n) is 11.2. The van der Waals surface area contributed by atoms with Crippen molar-refractivity contribution in [3.8, 4) is 0 Å². The van der Waals surface area contributed by atoms with Gasteiger partial charge in [0, 0.05) is 12.6 Å². The molecule has 1 aromatic rings. The van der Waals surface area contributed by atoms with Gasteiger partial charge in [0.2, 0.25) is 0 Å². The van der Waals surface area contributed by atoms with E-state index in [0.717, 1.165) is 5.92 Å². The molecule has 1 heterocycles. The molecule has 0 aromatic heterocycles. The summed E-state index contributed by atoms with van der Waals surface area (Å²) in [5, 5.41) is 3.78. The highest BCUT2D eigenvalue weighted by molar-refractivity contribution is 5.44. The average Bonchev–Trinajstić information content (AvgIpc) is 2.28. The Balaban J connectivity index is 2.12. The van der Waals surface area contributed by atoms with E-state index < -0.39 is 0 Å². The lowest BCUT2D eigenvalue weighted by Gasteiger charge is -2.42. The van der Waals surface area contributed by atoms with Crippen molar-refractivity contribution in [1.82, 2.24) is 5.32 Å². The van der Waals surface area contributed by atoms with Crippen LogP contribution in [0.2, 0.25) is 0 Å². The fourth-order valence-electron chi connectivity index (χ4n) is 3.63. The minimum atomic E-state index is 0.303. The maximum Gasteiger partial charge on any atom is 0.0372 e. The zero-order chi connectivity index (χ0) is 12.0. The van der Waals surface area contributed by atoms with Gasteiger partial charge in [-0.1, -0.05) is 39.0 Å². The van der Waals surface area contributed by atoms with Gasteiger partial charge >= 0.3 is 0 Å². The van der Waals surface area contributed by atoms with Crippen LogP contribution in [0.5, 0.6) is 0 Å². The van der Waals surface area contributed by atoms with E-state index in [-0.39, 0.29) is 0 Å². The Bertz CT molecular complexity index is 428. The fourth-order valence-corrected chi connectivity index (χ4v) is 3.63. The quantitative estimate of drug-likeness (QED) is 0.713. The molecule has 0 amide bonds. The average molecular weight is 229 g/mol. The van der Waals surface area contributed by atoms with Gasteiger partial charge < -0.3 is 5.32 Å². The summed E-state index contributed by atoms with van der Waals surface area (Å²) < 4.78 is 0. The van der Waals surface area contributed by atoms with Crippen LogP contribution >= 0.6 is 0 Å². The molecule has 0 bridgehead atoms. The molecular weight excluding hydrogens is 206 g/mol. The van der Waals surface area contributed by atoms with Gasteiger partial charge in [-0.2, -0.15) is 0 Å². The number of aryl methyl sites for hydroxylation is 1. The smallest absolute Gasteiger partial charge is 0.0372 e. The third-order valence-electron chi connectivity index (χ3n) is 4.38. The minimum Gasteiger partial charge on any atom is -0.309 e. The SMILES string of the molecule is CC(C)(C)C1NCC2CCCc3cccc1c32. The first-order valence-electron chi connectivity index (χ1n) is 6.92. The summed E-state index contributed by atoms with van der Waals surface area (Å²) in [6.45, 7) is 8.19. The van der Waals surface area contributed by atoms with Crippen LogP contribution in [0.4, 0.5) is 0 Å². The van der Waals surface area contributed by atoms with E-state index in [1.165, 1.54) is 25.8 Å². The summed E-state index contributed by atoms with van der Waals surface area (Å²) in [6.07, 6.45) is 4.02. The van der Waals surface area contributed by atoms with Crippen LogP contribution in [0.3, 0.4) is 0 Å². The van der Waals surface area contributed by atoms with Gasteiger partial charge in [0.1, 0.15) is 0 Å². The Kier molecular flexibility index (Phi) is 2.55. The fraction of sp³-hybridized carbons (Fsp3) is 0.625. The molecule has 2 atom stereocenters. The van der Waals surface area contributed by atoms with Crippen molar-refractivity contribution in [2.75, 3.05) is 6.54 Å². The Labute approximate surface area is 105 Å². The van der Waals surface area contributed by atoms with Crippen LogP contribution < -0.4 is 5.32 Å². The molecule has 0 saturated carbocycles. The highest BCUT2D eigenvalue weighted by atomic mass is 14.9. The molecule has 0 fully saturated rings. The first kappa shape index (κ1) is 11.3. The van der Waals surface area contributed by atoms with Crippen molar-refractivity contribution in [2.24, 2.45) is 5.41 Å². The summed E-state index contributed by atoms with van der Waals surface area (Å²) in [7, 11) is 0. The molecule has 1 aliphatic heterocycles. The lowest BCUT2D eigenvalue weighted by molar-refractivity contribution is 0.248. The number of hydrogen-bond donors (Lipinski definition) is 1. The molecule has 2 unspecified atom stereocenters. The van der Waals surface area contributed by atoms with Gasteiger partial charge in [-0.05, 0) is 47.3 Å². The number of rotatable bonds is 0. The predicted molar refractivity (Wildman–Crippen MR) is 72.3 cm³/mol. The van der Waals surface area contributed by atoms with Gasteiger partial charge in [-0.15, -0.1) is 0 Å². The Morgan fingerprint density at radius 3 is 2.82 bits per heavy atom. The van der Waals surface area contributed by atoms with Gasteiger partial charge in [-0.25, -0.2) is 0 Å². The number of nitrogens with one attached hydrogen (secondary N) is 1. The van der Waals surface area contributed by atoms with Gasteiger partial charge in [0.05, 0.1) is 0 Å². The van der Waals surface area contributed by atoms with Crippen molar-refractivity contribution in [3.05, 3.63) is 34.9 Å². The largest absolute Gasteiger partial charge is 0.309 e. The van der Waals surface area contributed by atoms with E-state index >= 15 is 0 Å². The molecule has 0 saturated heterocycles. The maximum atomic E-state index is 3.78. The topological polar surface area (TPSA) is 12.0 Å². The van der Waals surface area contributed by atoms with E-state index in [0.29, 0.717) is 11.5 Å². The van der Waals surface area contributed by atoms with E-state index in [4.69, 9.17) is 0 Å². The van der Waals surface area contributed by atoms with Crippen molar-refractivity contribution < 1.29 is 0 Å². The third-order valence-corrected chi connectivity index (χ3v) is 4.38. The Morgan fingerprint density at radius 1 is 1.24 bits per heavy atom. The monoisotopic (exact) mass is 229 g/mol. The van der Waals surface area contributed by atoms with Gasteiger partial charge in [0.15, 0.2) is 0 Å². The summed E-state index contributed by atoms with van der Waals surface area (Å²) in [4.78, 5) is 0. The minimum absolute atomic E-state index is 0.303. The summed E-state index contributed by atoms with van der Waals surface area (Å²) in [6, 6.07) is 7.46. The molecule has 1 N–H and O–H groups in total. The molecule has 0 radical (unpaired) electrons. The normalized spacial score (nSPS) is 27.7. The summed E-state index contributed by atoms with van der Waals surface area (Å²) in [5.41, 5.74) is 5.19. The number of hydrogen-bond acceptors (Lipinski definition) is 1. The second-order valence-corrected chi connectivity index (χ2v) is 6.72. The van der Waals surface area contributed by atoms with Crippen LogP contribution in [0.25, 0.3) is 0 Å². The van der Waals surface area contributed by atoms with Crippen LogP contribution in [0.1, 0.15) is 62.3 Å². The molecule has 1 nitrogen and oxygen atoms in total. The van der Waals surface area contributed by atoms with E-state index in [1.54, 1.807) is 16.7 Å². The first-order chi connectivity index (χ1) is 8.07. The first-order valence-corrected chi connectivity index (χ1v) is 6.92. The van der Waals surface area contributed by atoms with Gasteiger partial charge in [0.25, 0.3) is 0 Å². The zero-order valence-corrected chi connectivity index (χ0v) is 11.2. The van der Waals surface area contributed by atoms with Gasteiger partial charge in [-0.3, -0.25) is 0 Å². The molecule has 1 aromatic carbocycles.